The van der Waals surface area contributed by atoms with Gasteiger partial charge in [-0.1, -0.05) is 32.8 Å². The van der Waals surface area contributed by atoms with Crippen LogP contribution in [0.3, 0.4) is 0 Å². The number of methoxy groups -OCH3 is 1. The third kappa shape index (κ3) is 4.96. The third-order valence-corrected chi connectivity index (χ3v) is 4.01. The predicted octanol–water partition coefficient (Wildman–Crippen LogP) is 3.19. The number of esters is 1. The first-order chi connectivity index (χ1) is 9.60. The Labute approximate surface area is 124 Å². The van der Waals surface area contributed by atoms with Crippen LogP contribution in [0.1, 0.15) is 42.8 Å². The van der Waals surface area contributed by atoms with Gasteiger partial charge in [0.1, 0.15) is 0 Å². The van der Waals surface area contributed by atoms with Crippen LogP contribution in [0.2, 0.25) is 0 Å². The van der Waals surface area contributed by atoms with Gasteiger partial charge in [0, 0.05) is 13.1 Å². The van der Waals surface area contributed by atoms with Gasteiger partial charge in [-0.25, -0.2) is 0 Å². The van der Waals surface area contributed by atoms with Gasteiger partial charge in [-0.2, -0.15) is 0 Å². The Bertz CT molecular complexity index is 417. The van der Waals surface area contributed by atoms with Crippen molar-refractivity contribution in [2.24, 2.45) is 5.92 Å². The van der Waals surface area contributed by atoms with E-state index in [4.69, 9.17) is 4.74 Å². The lowest BCUT2D eigenvalue weighted by Gasteiger charge is -2.24. The van der Waals surface area contributed by atoms with E-state index in [1.165, 1.54) is 18.4 Å². The maximum Gasteiger partial charge on any atom is 0.310 e. The highest BCUT2D eigenvalue weighted by atomic mass is 32.1. The molecule has 4 nitrogen and oxygen atoms in total. The molecule has 1 aromatic rings. The van der Waals surface area contributed by atoms with Crippen molar-refractivity contribution < 1.29 is 14.3 Å². The quantitative estimate of drug-likeness (QED) is 0.547. The van der Waals surface area contributed by atoms with E-state index in [1.807, 2.05) is 17.5 Å². The van der Waals surface area contributed by atoms with Crippen LogP contribution < -0.4 is 0 Å². The van der Waals surface area contributed by atoms with Crippen LogP contribution in [-0.4, -0.2) is 37.0 Å². The van der Waals surface area contributed by atoms with Crippen LogP contribution in [0.25, 0.3) is 0 Å². The molecule has 0 aliphatic heterocycles. The lowest BCUT2D eigenvalue weighted by molar-refractivity contribution is -0.145. The minimum absolute atomic E-state index is 0.00635. The zero-order valence-electron chi connectivity index (χ0n) is 12.4. The number of carbonyl (C=O) groups is 2. The molecule has 0 bridgehead atoms. The normalized spacial score (nSPS) is 11.9. The van der Waals surface area contributed by atoms with Crippen molar-refractivity contribution in [2.45, 2.75) is 33.1 Å². The second kappa shape index (κ2) is 8.74. The van der Waals surface area contributed by atoms with E-state index in [0.29, 0.717) is 13.1 Å². The van der Waals surface area contributed by atoms with E-state index in [-0.39, 0.29) is 17.8 Å². The molecule has 1 aromatic heterocycles. The summed E-state index contributed by atoms with van der Waals surface area (Å²) in [6.45, 7) is 5.02. The summed E-state index contributed by atoms with van der Waals surface area (Å²) in [6, 6.07) is 3.69. The van der Waals surface area contributed by atoms with Gasteiger partial charge in [-0.15, -0.1) is 11.3 Å². The summed E-state index contributed by atoms with van der Waals surface area (Å²) in [7, 11) is 1.38. The SMILES string of the molecule is CCCCCN(CC(C)C(=O)OC)C(=O)c1cccs1. The van der Waals surface area contributed by atoms with Crippen molar-refractivity contribution in [1.29, 1.82) is 0 Å². The van der Waals surface area contributed by atoms with Crippen LogP contribution in [0.4, 0.5) is 0 Å². The Morgan fingerprint density at radius 3 is 2.70 bits per heavy atom. The number of unbranched alkanes of at least 4 members (excludes halogenated alkanes) is 2. The maximum absolute atomic E-state index is 12.4. The fourth-order valence-electron chi connectivity index (χ4n) is 1.99. The number of amides is 1. The summed E-state index contributed by atoms with van der Waals surface area (Å²) in [5.74, 6) is -0.568. The minimum Gasteiger partial charge on any atom is -0.469 e. The van der Waals surface area contributed by atoms with Gasteiger partial charge in [-0.05, 0) is 17.9 Å². The highest BCUT2D eigenvalue weighted by Crippen LogP contribution is 2.15. The highest BCUT2D eigenvalue weighted by molar-refractivity contribution is 7.12. The number of carbonyl (C=O) groups excluding carboxylic acids is 2. The first-order valence-corrected chi connectivity index (χ1v) is 7.88. The average molecular weight is 297 g/mol. The standard InChI is InChI=1S/C15H23NO3S/c1-4-5-6-9-16(11-12(2)15(18)19-3)14(17)13-8-7-10-20-13/h7-8,10,12H,4-6,9,11H2,1-3H3. The molecule has 0 saturated carbocycles. The van der Waals surface area contributed by atoms with E-state index in [0.717, 1.165) is 24.1 Å². The molecular weight excluding hydrogens is 274 g/mol. The Kier molecular flexibility index (Phi) is 7.30. The summed E-state index contributed by atoms with van der Waals surface area (Å²) in [4.78, 5) is 26.4. The number of hydrogen-bond donors (Lipinski definition) is 0. The van der Waals surface area contributed by atoms with E-state index in [2.05, 4.69) is 6.92 Å². The molecule has 0 saturated heterocycles. The second-order valence-electron chi connectivity index (χ2n) is 4.86. The molecule has 5 heteroatoms. The summed E-state index contributed by atoms with van der Waals surface area (Å²) >= 11 is 1.43. The number of hydrogen-bond acceptors (Lipinski definition) is 4. The summed E-state index contributed by atoms with van der Waals surface area (Å²) in [6.07, 6.45) is 3.15. The van der Waals surface area contributed by atoms with Gasteiger partial charge in [0.05, 0.1) is 17.9 Å². The lowest BCUT2D eigenvalue weighted by Crippen LogP contribution is -2.37. The number of thiophene rings is 1. The Balaban J connectivity index is 2.69. The summed E-state index contributed by atoms with van der Waals surface area (Å²) in [5, 5.41) is 1.89. The minimum atomic E-state index is -0.300. The first kappa shape index (κ1) is 16.7. The predicted molar refractivity (Wildman–Crippen MR) is 80.9 cm³/mol. The Hall–Kier alpha value is -1.36. The van der Waals surface area contributed by atoms with Gasteiger partial charge in [-0.3, -0.25) is 9.59 Å². The van der Waals surface area contributed by atoms with E-state index < -0.39 is 0 Å². The molecule has 0 radical (unpaired) electrons. The number of ether oxygens (including phenoxy) is 1. The van der Waals surface area contributed by atoms with Crippen molar-refractivity contribution in [3.63, 3.8) is 0 Å². The zero-order chi connectivity index (χ0) is 15.0. The van der Waals surface area contributed by atoms with Gasteiger partial charge >= 0.3 is 5.97 Å². The Morgan fingerprint density at radius 2 is 2.15 bits per heavy atom. The van der Waals surface area contributed by atoms with Gasteiger partial charge in [0.2, 0.25) is 0 Å². The van der Waals surface area contributed by atoms with Crippen molar-refractivity contribution in [3.8, 4) is 0 Å². The van der Waals surface area contributed by atoms with Crippen LogP contribution >= 0.6 is 11.3 Å². The maximum atomic E-state index is 12.4. The molecule has 0 spiro atoms. The van der Waals surface area contributed by atoms with E-state index in [1.54, 1.807) is 11.8 Å². The molecular formula is C15H23NO3S. The third-order valence-electron chi connectivity index (χ3n) is 3.15. The van der Waals surface area contributed by atoms with Crippen molar-refractivity contribution in [2.75, 3.05) is 20.2 Å². The average Bonchev–Trinajstić information content (AvgIpc) is 2.98. The van der Waals surface area contributed by atoms with Crippen molar-refractivity contribution >= 4 is 23.2 Å². The molecule has 0 N–H and O–H groups in total. The first-order valence-electron chi connectivity index (χ1n) is 7.00. The molecule has 0 fully saturated rings. The molecule has 1 heterocycles. The fourth-order valence-corrected chi connectivity index (χ4v) is 2.68. The fraction of sp³-hybridized carbons (Fsp3) is 0.600. The number of nitrogens with zero attached hydrogens (tertiary/aromatic N) is 1. The largest absolute Gasteiger partial charge is 0.469 e. The van der Waals surface area contributed by atoms with Crippen LogP contribution in [0.5, 0.6) is 0 Å². The molecule has 1 amide bonds. The smallest absolute Gasteiger partial charge is 0.310 e. The molecule has 20 heavy (non-hydrogen) atoms. The topological polar surface area (TPSA) is 46.6 Å². The van der Waals surface area contributed by atoms with Gasteiger partial charge in [0.25, 0.3) is 5.91 Å². The molecule has 0 aromatic carbocycles. The second-order valence-corrected chi connectivity index (χ2v) is 5.81. The molecule has 112 valence electrons. The monoisotopic (exact) mass is 297 g/mol. The van der Waals surface area contributed by atoms with Crippen molar-refractivity contribution in [3.05, 3.63) is 22.4 Å². The van der Waals surface area contributed by atoms with Crippen molar-refractivity contribution in [1.82, 2.24) is 4.90 Å². The van der Waals surface area contributed by atoms with Crippen LogP contribution in [0, 0.1) is 5.92 Å². The highest BCUT2D eigenvalue weighted by Gasteiger charge is 2.22. The van der Waals surface area contributed by atoms with Gasteiger partial charge < -0.3 is 9.64 Å². The molecule has 1 rings (SSSR count). The molecule has 1 unspecified atom stereocenters. The van der Waals surface area contributed by atoms with E-state index in [9.17, 15) is 9.59 Å². The number of rotatable bonds is 8. The molecule has 1 atom stereocenters. The molecule has 0 aliphatic carbocycles. The van der Waals surface area contributed by atoms with Gasteiger partial charge in [0.15, 0.2) is 0 Å². The lowest BCUT2D eigenvalue weighted by atomic mass is 10.1. The van der Waals surface area contributed by atoms with E-state index >= 15 is 0 Å². The molecule has 0 aliphatic rings. The van der Waals surface area contributed by atoms with Crippen LogP contribution in [0.15, 0.2) is 17.5 Å². The van der Waals surface area contributed by atoms with Crippen LogP contribution in [-0.2, 0) is 9.53 Å². The zero-order valence-corrected chi connectivity index (χ0v) is 13.2. The summed E-state index contributed by atoms with van der Waals surface area (Å²) in [5.41, 5.74) is 0. The Morgan fingerprint density at radius 1 is 1.40 bits per heavy atom. The summed E-state index contributed by atoms with van der Waals surface area (Å²) < 4.78 is 4.73.